The maximum Gasteiger partial charge on any atom is 0.270 e. The zero-order valence-corrected chi connectivity index (χ0v) is 15.6. The third kappa shape index (κ3) is 4.28. The third-order valence-corrected chi connectivity index (χ3v) is 4.94. The van der Waals surface area contributed by atoms with Crippen molar-refractivity contribution in [3.05, 3.63) is 72.5 Å². The van der Waals surface area contributed by atoms with E-state index in [0.717, 1.165) is 5.56 Å². The number of halogens is 2. The molecule has 1 N–H and O–H groups in total. The van der Waals surface area contributed by atoms with Gasteiger partial charge in [-0.1, -0.05) is 23.7 Å². The largest absolute Gasteiger partial charge is 0.300 e. The van der Waals surface area contributed by atoms with Gasteiger partial charge >= 0.3 is 0 Å². The Morgan fingerprint density at radius 2 is 2.08 bits per heavy atom. The summed E-state index contributed by atoms with van der Waals surface area (Å²) in [5.74, 6) is -0.262. The van der Waals surface area contributed by atoms with Gasteiger partial charge in [0.25, 0.3) is 11.6 Å². The Bertz CT molecular complexity index is 946. The molecule has 0 saturated carbocycles. The average molecular weight is 439 g/mol. The van der Waals surface area contributed by atoms with E-state index in [1.807, 2.05) is 6.07 Å². The number of nitrogens with one attached hydrogen (secondary N) is 1. The molecule has 2 aromatic rings. The number of nitro benzene ring substituents is 1. The van der Waals surface area contributed by atoms with Crippen molar-refractivity contribution in [2.75, 3.05) is 0 Å². The second kappa shape index (κ2) is 7.38. The van der Waals surface area contributed by atoms with Crippen molar-refractivity contribution >= 4 is 67.8 Å². The smallest absolute Gasteiger partial charge is 0.270 e. The van der Waals surface area contributed by atoms with Gasteiger partial charge in [0, 0.05) is 17.2 Å². The van der Waals surface area contributed by atoms with Crippen LogP contribution in [0.5, 0.6) is 0 Å². The standard InChI is InChI=1S/C16H9BrClN3O3S/c17-12-8-11(21(23)24)4-5-13(12)19-16-20-15(22)14(25-16)7-9-2-1-3-10(18)6-9/h1-8H,(H,19,20,22)/b14-7+. The van der Waals surface area contributed by atoms with Crippen molar-refractivity contribution in [1.29, 1.82) is 0 Å². The fourth-order valence-electron chi connectivity index (χ4n) is 2.04. The highest BCUT2D eigenvalue weighted by atomic mass is 79.9. The van der Waals surface area contributed by atoms with E-state index >= 15 is 0 Å². The van der Waals surface area contributed by atoms with Gasteiger partial charge < -0.3 is 5.32 Å². The monoisotopic (exact) mass is 437 g/mol. The summed E-state index contributed by atoms with van der Waals surface area (Å²) in [5, 5.41) is 14.4. The fourth-order valence-corrected chi connectivity index (χ4v) is 3.53. The summed E-state index contributed by atoms with van der Waals surface area (Å²) in [5.41, 5.74) is 1.25. The van der Waals surface area contributed by atoms with Crippen molar-refractivity contribution in [3.63, 3.8) is 0 Å². The minimum absolute atomic E-state index is 0.0412. The predicted molar refractivity (Wildman–Crippen MR) is 103 cm³/mol. The quantitative estimate of drug-likeness (QED) is 0.419. The molecule has 1 fully saturated rings. The van der Waals surface area contributed by atoms with E-state index in [2.05, 4.69) is 26.2 Å². The molecule has 2 aromatic carbocycles. The van der Waals surface area contributed by atoms with Crippen LogP contribution < -0.4 is 5.32 Å². The number of hydrogen-bond acceptors (Lipinski definition) is 5. The van der Waals surface area contributed by atoms with Crippen LogP contribution in [0.1, 0.15) is 5.56 Å². The van der Waals surface area contributed by atoms with Crippen LogP contribution in [0, 0.1) is 10.1 Å². The molecule has 0 aromatic heterocycles. The topological polar surface area (TPSA) is 84.6 Å². The number of rotatable bonds is 3. The van der Waals surface area contributed by atoms with Gasteiger partial charge in [-0.05, 0) is 57.5 Å². The molecule has 1 aliphatic rings. The first-order valence-corrected chi connectivity index (χ1v) is 8.90. The van der Waals surface area contributed by atoms with Crippen LogP contribution in [-0.2, 0) is 4.79 Å². The number of hydrogen-bond donors (Lipinski definition) is 1. The maximum absolute atomic E-state index is 12.1. The lowest BCUT2D eigenvalue weighted by Gasteiger charge is -2.00. The lowest BCUT2D eigenvalue weighted by Crippen LogP contribution is -2.19. The Balaban J connectivity index is 1.85. The van der Waals surface area contributed by atoms with E-state index in [9.17, 15) is 14.9 Å². The molecule has 6 nitrogen and oxygen atoms in total. The average Bonchev–Trinajstić information content (AvgIpc) is 2.88. The molecular formula is C16H9BrClN3O3S. The van der Waals surface area contributed by atoms with Crippen LogP contribution in [0.4, 0.5) is 11.4 Å². The molecule has 9 heteroatoms. The molecule has 25 heavy (non-hydrogen) atoms. The summed E-state index contributed by atoms with van der Waals surface area (Å²) in [6, 6.07) is 11.4. The minimum Gasteiger partial charge on any atom is -0.300 e. The summed E-state index contributed by atoms with van der Waals surface area (Å²) in [7, 11) is 0. The number of benzene rings is 2. The summed E-state index contributed by atoms with van der Waals surface area (Å²) in [6.07, 6.45) is 1.72. The van der Waals surface area contributed by atoms with Gasteiger partial charge in [0.2, 0.25) is 0 Å². The van der Waals surface area contributed by atoms with Crippen LogP contribution in [-0.4, -0.2) is 16.0 Å². The van der Waals surface area contributed by atoms with Gasteiger partial charge in [0.1, 0.15) is 0 Å². The van der Waals surface area contributed by atoms with Crippen LogP contribution in [0.25, 0.3) is 6.08 Å². The fraction of sp³-hybridized carbons (Fsp3) is 0. The number of nitro groups is 1. The van der Waals surface area contributed by atoms with Gasteiger partial charge in [-0.3, -0.25) is 14.9 Å². The predicted octanol–water partition coefficient (Wildman–Crippen LogP) is 4.90. The van der Waals surface area contributed by atoms with E-state index in [1.54, 1.807) is 24.3 Å². The number of carbonyl (C=O) groups is 1. The van der Waals surface area contributed by atoms with Crippen molar-refractivity contribution in [1.82, 2.24) is 5.32 Å². The highest BCUT2D eigenvalue weighted by molar-refractivity contribution is 9.10. The van der Waals surface area contributed by atoms with Crippen LogP contribution in [0.2, 0.25) is 5.02 Å². The lowest BCUT2D eigenvalue weighted by atomic mass is 10.2. The van der Waals surface area contributed by atoms with Crippen LogP contribution in [0.15, 0.2) is 56.8 Å². The Morgan fingerprint density at radius 3 is 2.76 bits per heavy atom. The third-order valence-electron chi connectivity index (χ3n) is 3.16. The van der Waals surface area contributed by atoms with Crippen molar-refractivity contribution in [2.45, 2.75) is 0 Å². The Labute approximate surface area is 160 Å². The number of amides is 1. The molecule has 0 spiro atoms. The molecule has 1 amide bonds. The Kier molecular flexibility index (Phi) is 5.22. The molecule has 3 rings (SSSR count). The number of non-ortho nitro benzene ring substituents is 1. The molecule has 0 unspecified atom stereocenters. The second-order valence-electron chi connectivity index (χ2n) is 4.93. The highest BCUT2D eigenvalue weighted by Crippen LogP contribution is 2.33. The molecule has 0 radical (unpaired) electrons. The van der Waals surface area contributed by atoms with Gasteiger partial charge in [-0.2, -0.15) is 0 Å². The van der Waals surface area contributed by atoms with Crippen LogP contribution in [0.3, 0.4) is 0 Å². The van der Waals surface area contributed by atoms with Gasteiger partial charge in [0.05, 0.1) is 20.0 Å². The second-order valence-corrected chi connectivity index (χ2v) is 7.25. The maximum atomic E-state index is 12.1. The van der Waals surface area contributed by atoms with E-state index in [-0.39, 0.29) is 11.6 Å². The zero-order valence-electron chi connectivity index (χ0n) is 12.4. The lowest BCUT2D eigenvalue weighted by molar-refractivity contribution is -0.384. The van der Waals surface area contributed by atoms with E-state index < -0.39 is 4.92 Å². The van der Waals surface area contributed by atoms with E-state index in [4.69, 9.17) is 11.6 Å². The van der Waals surface area contributed by atoms with E-state index in [1.165, 1.54) is 30.0 Å². The molecule has 0 atom stereocenters. The van der Waals surface area contributed by atoms with Crippen molar-refractivity contribution in [2.24, 2.45) is 4.99 Å². The molecule has 126 valence electrons. The van der Waals surface area contributed by atoms with Crippen molar-refractivity contribution < 1.29 is 9.72 Å². The van der Waals surface area contributed by atoms with E-state index in [0.29, 0.717) is 25.3 Å². The number of aliphatic imine (C=N–C) groups is 1. The molecular weight excluding hydrogens is 430 g/mol. The summed E-state index contributed by atoms with van der Waals surface area (Å²) in [6.45, 7) is 0. The molecule has 0 aliphatic carbocycles. The van der Waals surface area contributed by atoms with Gasteiger partial charge in [-0.25, -0.2) is 4.99 Å². The molecule has 1 saturated heterocycles. The van der Waals surface area contributed by atoms with Crippen LogP contribution >= 0.6 is 39.3 Å². The SMILES string of the molecule is O=C1NC(=Nc2ccc([N+](=O)[O-])cc2Br)S/C1=C/c1cccc(Cl)c1. The summed E-state index contributed by atoms with van der Waals surface area (Å²) in [4.78, 5) is 27.2. The van der Waals surface area contributed by atoms with Gasteiger partial charge in [-0.15, -0.1) is 0 Å². The first kappa shape index (κ1) is 17.7. The normalized spacial score (nSPS) is 17.1. The molecule has 1 aliphatic heterocycles. The first-order chi connectivity index (χ1) is 11.9. The summed E-state index contributed by atoms with van der Waals surface area (Å²) < 4.78 is 0.469. The molecule has 1 heterocycles. The first-order valence-electron chi connectivity index (χ1n) is 6.91. The highest BCUT2D eigenvalue weighted by Gasteiger charge is 2.24. The number of nitrogens with zero attached hydrogens (tertiary/aromatic N) is 2. The zero-order chi connectivity index (χ0) is 18.0. The summed E-state index contributed by atoms with van der Waals surface area (Å²) >= 11 is 10.4. The van der Waals surface area contributed by atoms with Gasteiger partial charge in [0.15, 0.2) is 5.17 Å². The number of thioether (sulfide) groups is 1. The number of amidine groups is 1. The number of carbonyl (C=O) groups excluding carboxylic acids is 1. The Hall–Kier alpha value is -2.16. The Morgan fingerprint density at radius 1 is 1.28 bits per heavy atom. The van der Waals surface area contributed by atoms with Crippen molar-refractivity contribution in [3.8, 4) is 0 Å². The molecule has 0 bridgehead atoms. The minimum atomic E-state index is -0.486.